The molecular weight excluding hydrogens is 264 g/mol. The molecule has 0 unspecified atom stereocenters. The third-order valence-electron chi connectivity index (χ3n) is 2.85. The van der Waals surface area contributed by atoms with Gasteiger partial charge in [-0.2, -0.15) is 0 Å². The molecule has 0 N–H and O–H groups in total. The summed E-state index contributed by atoms with van der Waals surface area (Å²) in [6, 6.07) is 7.66. The number of methoxy groups -OCH3 is 1. The van der Waals surface area contributed by atoms with E-state index in [2.05, 4.69) is 4.74 Å². The molecule has 0 bridgehead atoms. The number of fused-ring (bicyclic) bond motifs is 1. The van der Waals surface area contributed by atoms with Gasteiger partial charge in [0.25, 0.3) is 0 Å². The van der Waals surface area contributed by atoms with E-state index < -0.39 is 5.97 Å². The van der Waals surface area contributed by atoms with Crippen LogP contribution in [0.5, 0.6) is 11.5 Å². The molecule has 0 saturated heterocycles. The van der Waals surface area contributed by atoms with Gasteiger partial charge >= 0.3 is 5.97 Å². The second kappa shape index (κ2) is 4.73. The summed E-state index contributed by atoms with van der Waals surface area (Å²) in [4.78, 5) is 23.5. The van der Waals surface area contributed by atoms with Crippen molar-refractivity contribution in [3.63, 3.8) is 0 Å². The number of furan rings is 1. The molecule has 1 aromatic heterocycles. The lowest BCUT2D eigenvalue weighted by Crippen LogP contribution is -2.01. The van der Waals surface area contributed by atoms with Crippen LogP contribution in [-0.4, -0.2) is 25.7 Å². The van der Waals surface area contributed by atoms with E-state index in [4.69, 9.17) is 13.9 Å². The second-order valence-corrected chi connectivity index (χ2v) is 4.05. The molecule has 0 amide bonds. The molecule has 0 radical (unpaired) electrons. The van der Waals surface area contributed by atoms with Crippen molar-refractivity contribution in [3.8, 4) is 11.5 Å². The second-order valence-electron chi connectivity index (χ2n) is 4.05. The molecule has 1 aliphatic heterocycles. The van der Waals surface area contributed by atoms with Crippen molar-refractivity contribution in [1.82, 2.24) is 0 Å². The van der Waals surface area contributed by atoms with Crippen molar-refractivity contribution in [1.29, 1.82) is 0 Å². The molecule has 0 saturated carbocycles. The number of rotatable bonds is 3. The topological polar surface area (TPSA) is 75.0 Å². The SMILES string of the molecule is COC(=O)c1ccc(C(=O)c2ccc3c(c2)OCO3)o1. The third kappa shape index (κ3) is 2.01. The van der Waals surface area contributed by atoms with E-state index in [1.54, 1.807) is 18.2 Å². The summed E-state index contributed by atoms with van der Waals surface area (Å²) in [5, 5.41) is 0. The van der Waals surface area contributed by atoms with Gasteiger partial charge in [-0.3, -0.25) is 4.79 Å². The molecule has 20 heavy (non-hydrogen) atoms. The zero-order valence-electron chi connectivity index (χ0n) is 10.5. The molecule has 6 heteroatoms. The molecule has 1 aromatic carbocycles. The fourth-order valence-corrected chi connectivity index (χ4v) is 1.85. The number of carbonyl (C=O) groups excluding carboxylic acids is 2. The average molecular weight is 274 g/mol. The molecule has 102 valence electrons. The Bertz CT molecular complexity index is 685. The summed E-state index contributed by atoms with van der Waals surface area (Å²) in [5.74, 6) is 0.167. The van der Waals surface area contributed by atoms with E-state index >= 15 is 0 Å². The van der Waals surface area contributed by atoms with Crippen molar-refractivity contribution in [2.45, 2.75) is 0 Å². The summed E-state index contributed by atoms with van der Waals surface area (Å²) in [7, 11) is 1.24. The van der Waals surface area contributed by atoms with Gasteiger partial charge in [0.2, 0.25) is 18.3 Å². The van der Waals surface area contributed by atoms with Crippen LogP contribution in [0.25, 0.3) is 0 Å². The van der Waals surface area contributed by atoms with Crippen LogP contribution in [0.1, 0.15) is 26.7 Å². The van der Waals surface area contributed by atoms with E-state index in [-0.39, 0.29) is 24.1 Å². The van der Waals surface area contributed by atoms with Gasteiger partial charge in [0.1, 0.15) is 0 Å². The molecule has 0 spiro atoms. The van der Waals surface area contributed by atoms with Crippen LogP contribution < -0.4 is 9.47 Å². The Morgan fingerprint density at radius 3 is 2.60 bits per heavy atom. The number of hydrogen-bond acceptors (Lipinski definition) is 6. The van der Waals surface area contributed by atoms with Crippen LogP contribution in [0.2, 0.25) is 0 Å². The number of benzene rings is 1. The average Bonchev–Trinajstić information content (AvgIpc) is 3.13. The zero-order chi connectivity index (χ0) is 14.1. The normalized spacial score (nSPS) is 12.2. The van der Waals surface area contributed by atoms with E-state index in [0.29, 0.717) is 17.1 Å². The predicted octanol–water partition coefficient (Wildman–Crippen LogP) is 2.03. The molecule has 2 heterocycles. The standard InChI is InChI=1S/C14H10O6/c1-17-14(16)11-5-4-10(20-11)13(15)8-2-3-9-12(6-8)19-7-18-9/h2-6H,7H2,1H3. The minimum absolute atomic E-state index is 0.0170. The highest BCUT2D eigenvalue weighted by Crippen LogP contribution is 2.33. The molecule has 1 aliphatic rings. The third-order valence-corrected chi connectivity index (χ3v) is 2.85. The molecular formula is C14H10O6. The van der Waals surface area contributed by atoms with E-state index in [9.17, 15) is 9.59 Å². The maximum atomic E-state index is 12.2. The van der Waals surface area contributed by atoms with Gasteiger partial charge in [0.15, 0.2) is 17.3 Å². The maximum absolute atomic E-state index is 12.2. The smallest absolute Gasteiger partial charge is 0.373 e. The minimum atomic E-state index is -0.630. The Balaban J connectivity index is 1.89. The van der Waals surface area contributed by atoms with Crippen LogP contribution in [0.3, 0.4) is 0 Å². The van der Waals surface area contributed by atoms with Crippen molar-refractivity contribution in [2.75, 3.05) is 13.9 Å². The first-order chi connectivity index (χ1) is 9.69. The van der Waals surface area contributed by atoms with Gasteiger partial charge in [0, 0.05) is 5.56 Å². The minimum Gasteiger partial charge on any atom is -0.463 e. The van der Waals surface area contributed by atoms with E-state index in [1.807, 2.05) is 0 Å². The van der Waals surface area contributed by atoms with Gasteiger partial charge in [-0.1, -0.05) is 0 Å². The number of esters is 1. The summed E-state index contributed by atoms with van der Waals surface area (Å²) in [6.07, 6.45) is 0. The van der Waals surface area contributed by atoms with Crippen molar-refractivity contribution in [3.05, 3.63) is 47.4 Å². The Morgan fingerprint density at radius 1 is 1.05 bits per heavy atom. The van der Waals surface area contributed by atoms with Crippen LogP contribution in [0, 0.1) is 0 Å². The summed E-state index contributed by atoms with van der Waals surface area (Å²) in [5.41, 5.74) is 0.389. The lowest BCUT2D eigenvalue weighted by Gasteiger charge is -2.00. The maximum Gasteiger partial charge on any atom is 0.373 e. The van der Waals surface area contributed by atoms with Crippen LogP contribution in [0.15, 0.2) is 34.7 Å². The quantitative estimate of drug-likeness (QED) is 0.629. The molecule has 0 aliphatic carbocycles. The van der Waals surface area contributed by atoms with Crippen molar-refractivity contribution in [2.24, 2.45) is 0 Å². The van der Waals surface area contributed by atoms with Crippen LogP contribution >= 0.6 is 0 Å². The Hall–Kier alpha value is -2.76. The van der Waals surface area contributed by atoms with Gasteiger partial charge in [-0.25, -0.2) is 4.79 Å². The molecule has 3 rings (SSSR count). The highest BCUT2D eigenvalue weighted by molar-refractivity contribution is 6.08. The zero-order valence-corrected chi connectivity index (χ0v) is 10.5. The first kappa shape index (κ1) is 12.3. The summed E-state index contributed by atoms with van der Waals surface area (Å²) >= 11 is 0. The highest BCUT2D eigenvalue weighted by Gasteiger charge is 2.20. The van der Waals surface area contributed by atoms with E-state index in [1.165, 1.54) is 19.2 Å². The van der Waals surface area contributed by atoms with Crippen LogP contribution in [-0.2, 0) is 4.74 Å². The number of carbonyl (C=O) groups is 2. The van der Waals surface area contributed by atoms with Crippen molar-refractivity contribution >= 4 is 11.8 Å². The summed E-state index contributed by atoms with van der Waals surface area (Å²) in [6.45, 7) is 0.139. The first-order valence-corrected chi connectivity index (χ1v) is 5.81. The highest BCUT2D eigenvalue weighted by atomic mass is 16.7. The van der Waals surface area contributed by atoms with Gasteiger partial charge in [0.05, 0.1) is 7.11 Å². The Kier molecular flexibility index (Phi) is 2.90. The van der Waals surface area contributed by atoms with Gasteiger partial charge < -0.3 is 18.6 Å². The molecule has 6 nitrogen and oxygen atoms in total. The van der Waals surface area contributed by atoms with Gasteiger partial charge in [-0.15, -0.1) is 0 Å². The monoisotopic (exact) mass is 274 g/mol. The van der Waals surface area contributed by atoms with Crippen LogP contribution in [0.4, 0.5) is 0 Å². The van der Waals surface area contributed by atoms with Crippen molar-refractivity contribution < 1.29 is 28.2 Å². The molecule has 2 aromatic rings. The van der Waals surface area contributed by atoms with E-state index in [0.717, 1.165) is 0 Å². The Morgan fingerprint density at radius 2 is 1.80 bits per heavy atom. The number of hydrogen-bond donors (Lipinski definition) is 0. The lowest BCUT2D eigenvalue weighted by molar-refractivity contribution is 0.0563. The fraction of sp³-hybridized carbons (Fsp3) is 0.143. The molecule has 0 fully saturated rings. The number of ether oxygens (including phenoxy) is 3. The predicted molar refractivity (Wildman–Crippen MR) is 66.0 cm³/mol. The lowest BCUT2D eigenvalue weighted by atomic mass is 10.1. The molecule has 0 atom stereocenters. The van der Waals surface area contributed by atoms with Gasteiger partial charge in [-0.05, 0) is 30.3 Å². The summed E-state index contributed by atoms with van der Waals surface area (Å²) < 4.78 is 20.1. The number of ketones is 1. The largest absolute Gasteiger partial charge is 0.463 e. The first-order valence-electron chi connectivity index (χ1n) is 5.81. The Labute approximate surface area is 113 Å². The fourth-order valence-electron chi connectivity index (χ4n) is 1.85.